The molecule has 1 aromatic carbocycles. The van der Waals surface area contributed by atoms with E-state index in [1.54, 1.807) is 0 Å². The van der Waals surface area contributed by atoms with Gasteiger partial charge in [0.25, 0.3) is 6.69 Å². The van der Waals surface area contributed by atoms with Gasteiger partial charge in [-0.25, -0.2) is 0 Å². The molecule has 1 atom stereocenters. The molecule has 0 aliphatic carbocycles. The summed E-state index contributed by atoms with van der Waals surface area (Å²) in [6.07, 6.45) is 0.917. The van der Waals surface area contributed by atoms with Crippen molar-refractivity contribution in [2.24, 2.45) is 0 Å². The number of aryl methyl sites for hydroxylation is 2. The molecule has 0 N–H and O–H groups in total. The minimum absolute atomic E-state index is 0.418. The van der Waals surface area contributed by atoms with Crippen LogP contribution in [0.3, 0.4) is 0 Å². The van der Waals surface area contributed by atoms with E-state index in [4.69, 9.17) is 33.8 Å². The molecule has 0 bridgehead atoms. The number of hydrogen-bond acceptors (Lipinski definition) is 0. The van der Waals surface area contributed by atoms with E-state index in [0.717, 1.165) is 18.5 Å². The molecule has 102 valence electrons. The van der Waals surface area contributed by atoms with Crippen LogP contribution in [-0.2, 0) is 0 Å². The highest BCUT2D eigenvalue weighted by molar-refractivity contribution is 7.45. The van der Waals surface area contributed by atoms with Crippen LogP contribution in [0, 0.1) is 13.8 Å². The molecule has 1 aromatic rings. The van der Waals surface area contributed by atoms with E-state index in [1.807, 2.05) is 0 Å². The quantitative estimate of drug-likeness (QED) is 0.344. The lowest BCUT2D eigenvalue weighted by Crippen LogP contribution is -2.21. The van der Waals surface area contributed by atoms with Crippen LogP contribution in [0.1, 0.15) is 36.0 Å². The Balaban J connectivity index is 2.69. The van der Waals surface area contributed by atoms with E-state index < -0.39 is 6.69 Å². The molecule has 0 spiro atoms. The van der Waals surface area contributed by atoms with Gasteiger partial charge in [0, 0.05) is 5.88 Å². The molecule has 0 amide bonds. The Morgan fingerprint density at radius 1 is 1.17 bits per heavy atom. The third kappa shape index (κ3) is 5.12. The van der Waals surface area contributed by atoms with Crippen LogP contribution in [-0.4, -0.2) is 12.6 Å². The largest absolute Gasteiger partial charge is 0.252 e. The van der Waals surface area contributed by atoms with Crippen LogP contribution >= 0.6 is 33.8 Å². The maximum Gasteiger partial charge on any atom is 0.252 e. The standard InChI is InChI=1S/C14H21Cl3Si/c1-11-5-6-14(9-12(11)2)13(3)10-18(16,17)8-4-7-15/h5-6,9,13H,4,7-8,10H2,1-3H3. The van der Waals surface area contributed by atoms with Crippen LogP contribution in [0.15, 0.2) is 18.2 Å². The maximum absolute atomic E-state index is 6.48. The lowest BCUT2D eigenvalue weighted by molar-refractivity contribution is 0.845. The summed E-state index contributed by atoms with van der Waals surface area (Å²) in [6, 6.07) is 8.39. The van der Waals surface area contributed by atoms with Crippen molar-refractivity contribution in [3.63, 3.8) is 0 Å². The van der Waals surface area contributed by atoms with Gasteiger partial charge in [0.05, 0.1) is 0 Å². The van der Waals surface area contributed by atoms with E-state index in [9.17, 15) is 0 Å². The molecule has 0 saturated carbocycles. The third-order valence-corrected chi connectivity index (χ3v) is 8.00. The second-order valence-corrected chi connectivity index (χ2v) is 13.0. The van der Waals surface area contributed by atoms with Gasteiger partial charge in [0.2, 0.25) is 0 Å². The Morgan fingerprint density at radius 2 is 1.83 bits per heavy atom. The molecule has 0 aromatic heterocycles. The second-order valence-electron chi connectivity index (χ2n) is 5.10. The highest BCUT2D eigenvalue weighted by atomic mass is 35.7. The Labute approximate surface area is 126 Å². The normalized spacial score (nSPS) is 13.7. The summed E-state index contributed by atoms with van der Waals surface area (Å²) in [7, 11) is 0. The summed E-state index contributed by atoms with van der Waals surface area (Å²) < 4.78 is 0. The zero-order valence-corrected chi connectivity index (χ0v) is 14.5. The minimum Gasteiger partial charge on any atom is -0.146 e. The maximum atomic E-state index is 6.48. The SMILES string of the molecule is Cc1ccc(C(C)C[Si](Cl)(Cl)CCCCl)cc1C. The van der Waals surface area contributed by atoms with Crippen molar-refractivity contribution < 1.29 is 0 Å². The van der Waals surface area contributed by atoms with Gasteiger partial charge in [-0.15, -0.1) is 33.8 Å². The average molecular weight is 324 g/mol. The topological polar surface area (TPSA) is 0 Å². The number of benzene rings is 1. The summed E-state index contributed by atoms with van der Waals surface area (Å²) in [5.74, 6) is 1.06. The smallest absolute Gasteiger partial charge is 0.146 e. The van der Waals surface area contributed by atoms with Gasteiger partial charge >= 0.3 is 0 Å². The van der Waals surface area contributed by atoms with E-state index in [2.05, 4.69) is 39.0 Å². The van der Waals surface area contributed by atoms with Crippen molar-refractivity contribution in [1.82, 2.24) is 0 Å². The van der Waals surface area contributed by atoms with Gasteiger partial charge in [-0.2, -0.15) is 0 Å². The Morgan fingerprint density at radius 3 is 2.39 bits per heavy atom. The fourth-order valence-electron chi connectivity index (χ4n) is 2.06. The van der Waals surface area contributed by atoms with E-state index in [0.29, 0.717) is 11.8 Å². The number of halogens is 3. The first kappa shape index (κ1) is 16.4. The Hall–Kier alpha value is 0.307. The molecular formula is C14H21Cl3Si. The summed E-state index contributed by atoms with van der Waals surface area (Å²) in [5, 5.41) is 0. The van der Waals surface area contributed by atoms with Crippen molar-refractivity contribution >= 4 is 40.5 Å². The molecule has 1 unspecified atom stereocenters. The molecule has 0 nitrogen and oxygen atoms in total. The predicted octanol–water partition coefficient (Wildman–Crippen LogP) is 5.96. The summed E-state index contributed by atoms with van der Waals surface area (Å²) in [4.78, 5) is 0. The number of alkyl halides is 1. The minimum atomic E-state index is -2.14. The first-order valence-electron chi connectivity index (χ1n) is 6.36. The van der Waals surface area contributed by atoms with Crippen LogP contribution in [0.25, 0.3) is 0 Å². The van der Waals surface area contributed by atoms with Gasteiger partial charge in [-0.05, 0) is 55.0 Å². The molecule has 0 saturated heterocycles. The number of rotatable bonds is 6. The molecule has 1 rings (SSSR count). The highest BCUT2D eigenvalue weighted by Crippen LogP contribution is 2.35. The summed E-state index contributed by atoms with van der Waals surface area (Å²) in [6.45, 7) is 4.34. The van der Waals surface area contributed by atoms with Crippen molar-refractivity contribution in [2.75, 3.05) is 5.88 Å². The van der Waals surface area contributed by atoms with Gasteiger partial charge < -0.3 is 0 Å². The predicted molar refractivity (Wildman–Crippen MR) is 86.7 cm³/mol. The summed E-state index contributed by atoms with van der Waals surface area (Å²) in [5.41, 5.74) is 3.99. The van der Waals surface area contributed by atoms with Crippen molar-refractivity contribution in [1.29, 1.82) is 0 Å². The Kier molecular flexibility index (Phi) is 6.53. The Bertz CT molecular complexity index is 391. The molecule has 4 heteroatoms. The van der Waals surface area contributed by atoms with Gasteiger partial charge in [-0.3, -0.25) is 0 Å². The number of hydrogen-bond donors (Lipinski definition) is 0. The lowest BCUT2D eigenvalue weighted by atomic mass is 9.98. The molecule has 0 radical (unpaired) electrons. The van der Waals surface area contributed by atoms with E-state index in [1.165, 1.54) is 16.7 Å². The first-order chi connectivity index (χ1) is 8.35. The van der Waals surface area contributed by atoms with Crippen molar-refractivity contribution in [2.45, 2.75) is 45.2 Å². The van der Waals surface area contributed by atoms with Crippen LogP contribution in [0.5, 0.6) is 0 Å². The molecule has 0 aliphatic rings. The fraction of sp³-hybridized carbons (Fsp3) is 0.571. The molecule has 0 aliphatic heterocycles. The van der Waals surface area contributed by atoms with Gasteiger partial charge in [0.15, 0.2) is 0 Å². The van der Waals surface area contributed by atoms with Gasteiger partial charge in [-0.1, -0.05) is 25.1 Å². The van der Waals surface area contributed by atoms with Crippen LogP contribution in [0.4, 0.5) is 0 Å². The fourth-order valence-corrected chi connectivity index (χ4v) is 6.64. The third-order valence-electron chi connectivity index (χ3n) is 3.38. The zero-order chi connectivity index (χ0) is 13.8. The van der Waals surface area contributed by atoms with Crippen LogP contribution < -0.4 is 0 Å². The van der Waals surface area contributed by atoms with Crippen molar-refractivity contribution in [3.05, 3.63) is 34.9 Å². The molecule has 0 heterocycles. The van der Waals surface area contributed by atoms with E-state index >= 15 is 0 Å². The molecular weight excluding hydrogens is 303 g/mol. The molecule has 0 fully saturated rings. The van der Waals surface area contributed by atoms with Gasteiger partial charge in [0.1, 0.15) is 0 Å². The second kappa shape index (κ2) is 7.19. The average Bonchev–Trinajstić information content (AvgIpc) is 2.29. The van der Waals surface area contributed by atoms with E-state index in [-0.39, 0.29) is 0 Å². The summed E-state index contributed by atoms with van der Waals surface area (Å²) >= 11 is 18.7. The highest BCUT2D eigenvalue weighted by Gasteiger charge is 2.30. The molecule has 18 heavy (non-hydrogen) atoms. The van der Waals surface area contributed by atoms with Crippen molar-refractivity contribution in [3.8, 4) is 0 Å². The van der Waals surface area contributed by atoms with Crippen LogP contribution in [0.2, 0.25) is 12.1 Å². The monoisotopic (exact) mass is 322 g/mol. The lowest BCUT2D eigenvalue weighted by Gasteiger charge is -2.21. The first-order valence-corrected chi connectivity index (χ1v) is 11.3. The zero-order valence-electron chi connectivity index (χ0n) is 11.3.